The van der Waals surface area contributed by atoms with Gasteiger partial charge in [0.15, 0.2) is 11.9 Å². The summed E-state index contributed by atoms with van der Waals surface area (Å²) < 4.78 is 9.83. The summed E-state index contributed by atoms with van der Waals surface area (Å²) in [6.45, 7) is 0.942. The summed E-state index contributed by atoms with van der Waals surface area (Å²) in [6.07, 6.45) is 0.196. The topological polar surface area (TPSA) is 97.6 Å². The van der Waals surface area contributed by atoms with Gasteiger partial charge in [0.25, 0.3) is 11.8 Å². The quantitative estimate of drug-likeness (QED) is 0.551. The van der Waals surface area contributed by atoms with Gasteiger partial charge in [-0.3, -0.25) is 14.4 Å². The number of rotatable bonds is 6. The molecule has 0 bridgehead atoms. The molecule has 2 N–H and O–H groups in total. The molecule has 1 aromatic carbocycles. The maximum atomic E-state index is 12.1. The van der Waals surface area contributed by atoms with Gasteiger partial charge in [0.2, 0.25) is 0 Å². The van der Waals surface area contributed by atoms with Crippen LogP contribution in [0.15, 0.2) is 34.9 Å². The number of furan rings is 1. The Morgan fingerprint density at radius 3 is 2.50 bits per heavy atom. The number of benzene rings is 1. The fourth-order valence-corrected chi connectivity index (χ4v) is 2.39. The van der Waals surface area contributed by atoms with Crippen molar-refractivity contribution in [3.63, 3.8) is 0 Å². The van der Waals surface area contributed by atoms with Gasteiger partial charge in [0.05, 0.1) is 27.0 Å². The van der Waals surface area contributed by atoms with Crippen LogP contribution in [0.25, 0.3) is 0 Å². The van der Waals surface area contributed by atoms with E-state index in [1.807, 2.05) is 0 Å². The Balaban J connectivity index is 1.85. The van der Waals surface area contributed by atoms with Crippen LogP contribution in [-0.2, 0) is 14.3 Å². The highest BCUT2D eigenvalue weighted by atomic mass is 35.5. The van der Waals surface area contributed by atoms with Crippen molar-refractivity contribution in [3.8, 4) is 0 Å². The molecule has 0 radical (unpaired) electrons. The van der Waals surface area contributed by atoms with Gasteiger partial charge in [0.1, 0.15) is 6.54 Å². The van der Waals surface area contributed by atoms with E-state index in [-0.39, 0.29) is 26.5 Å². The maximum Gasteiger partial charge on any atom is 0.326 e. The zero-order valence-electron chi connectivity index (χ0n) is 13.3. The van der Waals surface area contributed by atoms with Gasteiger partial charge in [-0.1, -0.05) is 34.8 Å². The minimum absolute atomic E-state index is 0.0536. The average molecular weight is 420 g/mol. The Hall–Kier alpha value is -2.22. The van der Waals surface area contributed by atoms with Crippen molar-refractivity contribution in [2.75, 3.05) is 11.9 Å². The third-order valence-electron chi connectivity index (χ3n) is 3.08. The lowest BCUT2D eigenvalue weighted by Crippen LogP contribution is -2.35. The normalized spacial score (nSPS) is 11.5. The van der Waals surface area contributed by atoms with Crippen molar-refractivity contribution in [2.24, 2.45) is 0 Å². The molecule has 1 atom stereocenters. The fraction of sp³-hybridized carbons (Fsp3) is 0.188. The van der Waals surface area contributed by atoms with Gasteiger partial charge in [-0.25, -0.2) is 0 Å². The van der Waals surface area contributed by atoms with Crippen LogP contribution in [0.4, 0.5) is 5.69 Å². The van der Waals surface area contributed by atoms with Crippen molar-refractivity contribution in [1.29, 1.82) is 0 Å². The number of carbonyl (C=O) groups is 3. The molecule has 0 spiro atoms. The lowest BCUT2D eigenvalue weighted by Gasteiger charge is -2.15. The number of ether oxygens (including phenoxy) is 1. The highest BCUT2D eigenvalue weighted by molar-refractivity contribution is 6.44. The minimum Gasteiger partial charge on any atom is -0.459 e. The van der Waals surface area contributed by atoms with E-state index < -0.39 is 30.4 Å². The van der Waals surface area contributed by atoms with Crippen LogP contribution >= 0.6 is 34.8 Å². The van der Waals surface area contributed by atoms with E-state index in [0.29, 0.717) is 0 Å². The zero-order valence-corrected chi connectivity index (χ0v) is 15.6. The number of esters is 1. The molecule has 7 nitrogen and oxygen atoms in total. The molecular weight excluding hydrogens is 407 g/mol. The first-order valence-corrected chi connectivity index (χ1v) is 8.38. The van der Waals surface area contributed by atoms with E-state index >= 15 is 0 Å². The van der Waals surface area contributed by atoms with E-state index in [0.717, 1.165) is 0 Å². The molecule has 1 aromatic heterocycles. The molecule has 0 aliphatic heterocycles. The summed E-state index contributed by atoms with van der Waals surface area (Å²) in [5.41, 5.74) is 0.222. The summed E-state index contributed by atoms with van der Waals surface area (Å²) >= 11 is 17.7. The molecule has 1 unspecified atom stereocenters. The average Bonchev–Trinajstić information content (AvgIpc) is 3.12. The summed E-state index contributed by atoms with van der Waals surface area (Å²) in [6, 6.07) is 5.73. The van der Waals surface area contributed by atoms with Gasteiger partial charge in [-0.2, -0.15) is 0 Å². The molecule has 2 rings (SSSR count). The highest BCUT2D eigenvalue weighted by Crippen LogP contribution is 2.32. The molecule has 0 aliphatic carbocycles. The molecule has 0 aliphatic rings. The van der Waals surface area contributed by atoms with Crippen LogP contribution in [0.3, 0.4) is 0 Å². The van der Waals surface area contributed by atoms with E-state index in [1.54, 1.807) is 0 Å². The van der Waals surface area contributed by atoms with Crippen LogP contribution < -0.4 is 10.6 Å². The molecule has 1 heterocycles. The van der Waals surface area contributed by atoms with Crippen molar-refractivity contribution < 1.29 is 23.5 Å². The molecule has 2 aromatic rings. The number of hydrogen-bond acceptors (Lipinski definition) is 5. The van der Waals surface area contributed by atoms with Crippen molar-refractivity contribution in [2.45, 2.75) is 13.0 Å². The van der Waals surface area contributed by atoms with E-state index in [9.17, 15) is 14.4 Å². The van der Waals surface area contributed by atoms with Crippen molar-refractivity contribution >= 4 is 58.3 Å². The second-order valence-electron chi connectivity index (χ2n) is 5.03. The fourth-order valence-electron chi connectivity index (χ4n) is 1.79. The predicted molar refractivity (Wildman–Crippen MR) is 96.7 cm³/mol. The lowest BCUT2D eigenvalue weighted by molar-refractivity contribution is -0.152. The summed E-state index contributed by atoms with van der Waals surface area (Å²) in [4.78, 5) is 35.5. The van der Waals surface area contributed by atoms with Crippen molar-refractivity contribution in [3.05, 3.63) is 51.4 Å². The molecule has 10 heteroatoms. The smallest absolute Gasteiger partial charge is 0.326 e. The summed E-state index contributed by atoms with van der Waals surface area (Å²) in [5, 5.41) is 5.41. The Morgan fingerprint density at radius 2 is 1.85 bits per heavy atom. The number of nitrogens with one attached hydrogen (secondary N) is 2. The van der Waals surface area contributed by atoms with E-state index in [4.69, 9.17) is 44.0 Å². The molecule has 2 amide bonds. The van der Waals surface area contributed by atoms with Gasteiger partial charge in [-0.15, -0.1) is 0 Å². The Morgan fingerprint density at radius 1 is 1.15 bits per heavy atom. The molecule has 0 saturated heterocycles. The summed E-state index contributed by atoms with van der Waals surface area (Å²) in [7, 11) is 0. The first kappa shape index (κ1) is 20.1. The van der Waals surface area contributed by atoms with Crippen LogP contribution in [-0.4, -0.2) is 30.4 Å². The minimum atomic E-state index is -1.13. The molecular formula is C16H13Cl3N2O5. The Kier molecular flexibility index (Phi) is 6.90. The van der Waals surface area contributed by atoms with Gasteiger partial charge in [-0.05, 0) is 31.2 Å². The van der Waals surface area contributed by atoms with Crippen LogP contribution in [0.5, 0.6) is 0 Å². The zero-order chi connectivity index (χ0) is 19.3. The molecule has 138 valence electrons. The third kappa shape index (κ3) is 5.39. The first-order valence-electron chi connectivity index (χ1n) is 7.24. The molecule has 26 heavy (non-hydrogen) atoms. The van der Waals surface area contributed by atoms with E-state index in [2.05, 4.69) is 10.6 Å². The summed E-state index contributed by atoms with van der Waals surface area (Å²) in [5.74, 6) is -1.95. The van der Waals surface area contributed by atoms with Gasteiger partial charge in [0, 0.05) is 0 Å². The van der Waals surface area contributed by atoms with Crippen LogP contribution in [0.1, 0.15) is 17.5 Å². The largest absolute Gasteiger partial charge is 0.459 e. The maximum absolute atomic E-state index is 12.1. The molecule has 0 saturated carbocycles. The first-order chi connectivity index (χ1) is 12.3. The highest BCUT2D eigenvalue weighted by Gasteiger charge is 2.20. The monoisotopic (exact) mass is 418 g/mol. The SMILES string of the molecule is CC(OC(=O)CNC(=O)c1ccco1)C(=O)Nc1cc(Cl)c(Cl)cc1Cl. The second kappa shape index (κ2) is 8.93. The molecule has 0 fully saturated rings. The van der Waals surface area contributed by atoms with Crippen molar-refractivity contribution in [1.82, 2.24) is 5.32 Å². The van der Waals surface area contributed by atoms with Crippen LogP contribution in [0.2, 0.25) is 15.1 Å². The lowest BCUT2D eigenvalue weighted by atomic mass is 10.3. The van der Waals surface area contributed by atoms with Crippen LogP contribution in [0, 0.1) is 0 Å². The van der Waals surface area contributed by atoms with Gasteiger partial charge < -0.3 is 19.8 Å². The van der Waals surface area contributed by atoms with Gasteiger partial charge >= 0.3 is 5.97 Å². The second-order valence-corrected chi connectivity index (χ2v) is 6.25. The Bertz CT molecular complexity index is 824. The Labute approximate surface area is 163 Å². The number of halogens is 3. The number of carbonyl (C=O) groups excluding carboxylic acids is 3. The number of amides is 2. The standard InChI is InChI=1S/C16H13Cl3N2O5/c1-8(15(23)21-12-6-10(18)9(17)5-11(12)19)26-14(22)7-20-16(24)13-3-2-4-25-13/h2-6,8H,7H2,1H3,(H,20,24)(H,21,23). The predicted octanol–water partition coefficient (Wildman–Crippen LogP) is 3.54. The number of anilines is 1. The van der Waals surface area contributed by atoms with E-state index in [1.165, 1.54) is 37.5 Å². The third-order valence-corrected chi connectivity index (χ3v) is 4.12. The number of hydrogen-bond donors (Lipinski definition) is 2.